The van der Waals surface area contributed by atoms with Gasteiger partial charge in [-0.3, -0.25) is 0 Å². The molecule has 0 aromatic heterocycles. The molecular formula is C21H23ClO6S. The van der Waals surface area contributed by atoms with Crippen LogP contribution in [0.25, 0.3) is 6.08 Å². The van der Waals surface area contributed by atoms with Gasteiger partial charge < -0.3 is 29.7 Å². The second-order valence-electron chi connectivity index (χ2n) is 7.28. The van der Waals surface area contributed by atoms with Gasteiger partial charge in [0.25, 0.3) is 0 Å². The summed E-state index contributed by atoms with van der Waals surface area (Å²) in [6.45, 7) is -0.484. The number of benzene rings is 2. The van der Waals surface area contributed by atoms with E-state index in [9.17, 15) is 25.0 Å². The number of ether oxygens (including phenoxy) is 1. The summed E-state index contributed by atoms with van der Waals surface area (Å²) >= 11 is 4.96. The summed E-state index contributed by atoms with van der Waals surface area (Å²) in [5.41, 5.74) is 2.32. The molecular weight excluding hydrogens is 416 g/mol. The van der Waals surface area contributed by atoms with E-state index in [4.69, 9.17) is 16.3 Å². The number of fused-ring (bicyclic) bond motifs is 1. The Labute approximate surface area is 176 Å². The second kappa shape index (κ2) is 8.37. The van der Waals surface area contributed by atoms with Gasteiger partial charge in [0.05, 0.1) is 6.61 Å². The molecule has 1 unspecified atom stereocenters. The maximum absolute atomic E-state index is 10.7. The zero-order valence-electron chi connectivity index (χ0n) is 15.4. The highest BCUT2D eigenvalue weighted by Crippen LogP contribution is 2.50. The van der Waals surface area contributed by atoms with Gasteiger partial charge in [-0.1, -0.05) is 53.1 Å². The largest absolute Gasteiger partial charge is 0.394 e. The average Bonchev–Trinajstić information content (AvgIpc) is 3.04. The van der Waals surface area contributed by atoms with Gasteiger partial charge >= 0.3 is 0 Å². The summed E-state index contributed by atoms with van der Waals surface area (Å²) in [7, 11) is 0. The Morgan fingerprint density at radius 3 is 2.48 bits per heavy atom. The Morgan fingerprint density at radius 1 is 1.00 bits per heavy atom. The Balaban J connectivity index is 1.60. The van der Waals surface area contributed by atoms with Crippen molar-refractivity contribution in [2.45, 2.75) is 41.8 Å². The second-order valence-corrected chi connectivity index (χ2v) is 9.37. The van der Waals surface area contributed by atoms with Crippen LogP contribution in [0.3, 0.4) is 0 Å². The molecule has 0 amide bonds. The quantitative estimate of drug-likeness (QED) is 0.409. The van der Waals surface area contributed by atoms with Crippen LogP contribution in [0, 0.1) is 0 Å². The summed E-state index contributed by atoms with van der Waals surface area (Å²) in [5.74, 6) is 0. The lowest BCUT2D eigenvalue weighted by molar-refractivity contribution is -0.231. The van der Waals surface area contributed by atoms with E-state index in [1.807, 2.05) is 30.3 Å². The molecule has 4 rings (SSSR count). The fourth-order valence-electron chi connectivity index (χ4n) is 3.80. The van der Waals surface area contributed by atoms with Crippen LogP contribution in [-0.4, -0.2) is 56.0 Å². The number of aliphatic hydroxyl groups is 4. The summed E-state index contributed by atoms with van der Waals surface area (Å²) in [6.07, 6.45) is -3.70. The number of hydrogen-bond donors (Lipinski definition) is 6. The highest BCUT2D eigenvalue weighted by Gasteiger charge is 2.44. The van der Waals surface area contributed by atoms with E-state index in [0.29, 0.717) is 17.0 Å². The summed E-state index contributed by atoms with van der Waals surface area (Å²) in [4.78, 5) is 1.78. The molecule has 0 bridgehead atoms. The number of thiol groups is 1. The molecule has 2 aliphatic heterocycles. The smallest absolute Gasteiger partial charge is 0.113 e. The van der Waals surface area contributed by atoms with Crippen LogP contribution in [0.4, 0.5) is 0 Å². The minimum absolute atomic E-state index is 0.432. The van der Waals surface area contributed by atoms with E-state index in [1.165, 1.54) is 0 Å². The molecule has 0 spiro atoms. The normalized spacial score (nSPS) is 32.7. The minimum atomic E-state index is -1.44. The highest BCUT2D eigenvalue weighted by molar-refractivity contribution is 8.16. The molecule has 5 N–H and O–H groups in total. The van der Waals surface area contributed by atoms with Gasteiger partial charge in [-0.25, -0.2) is 0 Å². The van der Waals surface area contributed by atoms with E-state index in [2.05, 4.69) is 0 Å². The van der Waals surface area contributed by atoms with Crippen LogP contribution in [0.1, 0.15) is 22.8 Å². The molecule has 156 valence electrons. The molecule has 2 aromatic carbocycles. The van der Waals surface area contributed by atoms with E-state index < -0.39 is 48.3 Å². The first-order valence-electron chi connectivity index (χ1n) is 9.28. The first kappa shape index (κ1) is 20.8. The van der Waals surface area contributed by atoms with Gasteiger partial charge in [0.15, 0.2) is 0 Å². The number of hydrogen-bond acceptors (Lipinski definition) is 6. The van der Waals surface area contributed by atoms with E-state index in [1.54, 1.807) is 18.2 Å². The van der Waals surface area contributed by atoms with Crippen molar-refractivity contribution in [3.63, 3.8) is 0 Å². The number of rotatable bonds is 4. The lowest BCUT2D eigenvalue weighted by Gasteiger charge is -2.40. The first-order valence-corrected chi connectivity index (χ1v) is 11.0. The van der Waals surface area contributed by atoms with Gasteiger partial charge in [-0.15, -0.1) is 0 Å². The van der Waals surface area contributed by atoms with Gasteiger partial charge in [-0.2, -0.15) is 0 Å². The zero-order chi connectivity index (χ0) is 20.7. The molecule has 6 nitrogen and oxygen atoms in total. The topological polar surface area (TPSA) is 110 Å². The zero-order valence-corrected chi connectivity index (χ0v) is 17.0. The third-order valence-corrected chi connectivity index (χ3v) is 7.48. The van der Waals surface area contributed by atoms with Crippen molar-refractivity contribution in [1.82, 2.24) is 0 Å². The Hall–Kier alpha value is -1.42. The van der Waals surface area contributed by atoms with Gasteiger partial charge in [-0.05, 0) is 39.8 Å². The van der Waals surface area contributed by atoms with Crippen molar-refractivity contribution in [3.8, 4) is 0 Å². The van der Waals surface area contributed by atoms with Crippen molar-refractivity contribution in [2.75, 3.05) is 6.61 Å². The van der Waals surface area contributed by atoms with Crippen molar-refractivity contribution < 1.29 is 29.7 Å². The summed E-state index contributed by atoms with van der Waals surface area (Å²) in [5, 5.41) is 40.3. The van der Waals surface area contributed by atoms with E-state index >= 15 is 0 Å². The molecule has 8 heteroatoms. The van der Waals surface area contributed by atoms with Crippen LogP contribution in [0.15, 0.2) is 52.3 Å². The number of aliphatic hydroxyl groups excluding tert-OH is 4. The molecule has 2 aliphatic rings. The van der Waals surface area contributed by atoms with Crippen molar-refractivity contribution >= 4 is 28.9 Å². The molecule has 1 fully saturated rings. The van der Waals surface area contributed by atoms with Crippen LogP contribution < -0.4 is 0 Å². The van der Waals surface area contributed by atoms with Crippen LogP contribution in [0.2, 0.25) is 5.02 Å². The van der Waals surface area contributed by atoms with Gasteiger partial charge in [0.2, 0.25) is 0 Å². The SMILES string of the molecule is OC[C@H]1O[C@@H](c2ccc(Cl)c(CC3=Cc4ccccc4[SH]3O)c2)[C@H](O)[C@@H](O)[C@@H]1O. The third kappa shape index (κ3) is 3.85. The lowest BCUT2D eigenvalue weighted by atomic mass is 9.90. The first-order chi connectivity index (χ1) is 13.9. The molecule has 1 saturated heterocycles. The third-order valence-electron chi connectivity index (χ3n) is 5.42. The Morgan fingerprint density at radius 2 is 1.76 bits per heavy atom. The maximum Gasteiger partial charge on any atom is 0.113 e. The monoisotopic (exact) mass is 438 g/mol. The van der Waals surface area contributed by atoms with Gasteiger partial charge in [0.1, 0.15) is 30.5 Å². The lowest BCUT2D eigenvalue weighted by Crippen LogP contribution is -2.55. The predicted octanol–water partition coefficient (Wildman–Crippen LogP) is 2.29. The van der Waals surface area contributed by atoms with Crippen LogP contribution in [0.5, 0.6) is 0 Å². The highest BCUT2D eigenvalue weighted by atomic mass is 35.5. The van der Waals surface area contributed by atoms with Crippen molar-refractivity contribution in [1.29, 1.82) is 0 Å². The van der Waals surface area contributed by atoms with E-state index in [0.717, 1.165) is 20.9 Å². The molecule has 29 heavy (non-hydrogen) atoms. The predicted molar refractivity (Wildman–Crippen MR) is 112 cm³/mol. The van der Waals surface area contributed by atoms with E-state index in [-0.39, 0.29) is 0 Å². The molecule has 6 atom stereocenters. The average molecular weight is 439 g/mol. The Kier molecular flexibility index (Phi) is 6.02. The molecule has 2 heterocycles. The molecule has 0 saturated carbocycles. The standard InChI is InChI=1S/C21H23ClO6S/c22-15-6-5-12(21-20(26)19(25)18(24)16(10-23)28-21)7-13(15)9-14-8-11-3-1-2-4-17(11)29(14)27/h1-8,16,18-21,23-27,29H,9-10H2/t16-,18-,19+,20-,21+/m1/s1. The Bertz CT molecular complexity index is 933. The maximum atomic E-state index is 10.7. The summed E-state index contributed by atoms with van der Waals surface area (Å²) < 4.78 is 16.3. The number of halogens is 1. The molecule has 0 aliphatic carbocycles. The van der Waals surface area contributed by atoms with Crippen molar-refractivity contribution in [3.05, 3.63) is 69.1 Å². The fourth-order valence-corrected chi connectivity index (χ4v) is 5.49. The molecule has 0 radical (unpaired) electrons. The fraction of sp³-hybridized carbons (Fsp3) is 0.333. The van der Waals surface area contributed by atoms with Crippen LogP contribution in [-0.2, 0) is 11.2 Å². The number of allylic oxidation sites excluding steroid dienone is 1. The summed E-state index contributed by atoms with van der Waals surface area (Å²) in [6, 6.07) is 12.8. The minimum Gasteiger partial charge on any atom is -0.394 e. The van der Waals surface area contributed by atoms with Crippen molar-refractivity contribution in [2.24, 2.45) is 0 Å². The molecule has 2 aromatic rings. The van der Waals surface area contributed by atoms with Crippen LogP contribution >= 0.6 is 22.8 Å². The van der Waals surface area contributed by atoms with Gasteiger partial charge in [0, 0.05) is 16.3 Å².